The second-order valence-corrected chi connectivity index (χ2v) is 5.30. The van der Waals surface area contributed by atoms with Crippen molar-refractivity contribution in [3.63, 3.8) is 0 Å². The van der Waals surface area contributed by atoms with Crippen LogP contribution in [0.2, 0.25) is 0 Å². The highest BCUT2D eigenvalue weighted by Gasteiger charge is 2.13. The molecule has 5 nitrogen and oxygen atoms in total. The molecule has 0 radical (unpaired) electrons. The molecule has 6 heteroatoms. The molecule has 0 spiro atoms. The monoisotopic (exact) mass is 345 g/mol. The van der Waals surface area contributed by atoms with E-state index in [4.69, 9.17) is 9.47 Å². The highest BCUT2D eigenvalue weighted by atomic mass is 79.9. The molecule has 0 unspecified atom stereocenters. The van der Waals surface area contributed by atoms with Gasteiger partial charge in [-0.1, -0.05) is 6.92 Å². The van der Waals surface area contributed by atoms with Crippen molar-refractivity contribution in [2.24, 2.45) is 0 Å². The van der Waals surface area contributed by atoms with Crippen molar-refractivity contribution >= 4 is 21.7 Å². The quantitative estimate of drug-likeness (QED) is 0.703. The summed E-state index contributed by atoms with van der Waals surface area (Å²) in [6.45, 7) is 6.76. The predicted octanol–water partition coefficient (Wildman–Crippen LogP) is 2.05. The zero-order valence-electron chi connectivity index (χ0n) is 12.5. The molecule has 0 aliphatic heterocycles. The van der Waals surface area contributed by atoms with E-state index < -0.39 is 0 Å². The van der Waals surface area contributed by atoms with Gasteiger partial charge < -0.3 is 19.7 Å². The molecular formula is C14H24BrN3O2. The van der Waals surface area contributed by atoms with Gasteiger partial charge in [0.1, 0.15) is 5.82 Å². The number of pyridine rings is 1. The minimum Gasteiger partial charge on any atom is -0.383 e. The van der Waals surface area contributed by atoms with Crippen molar-refractivity contribution in [1.82, 2.24) is 10.3 Å². The molecule has 1 heterocycles. The van der Waals surface area contributed by atoms with E-state index in [0.29, 0.717) is 13.2 Å². The number of halogens is 1. The van der Waals surface area contributed by atoms with E-state index in [9.17, 15) is 0 Å². The van der Waals surface area contributed by atoms with E-state index >= 15 is 0 Å². The van der Waals surface area contributed by atoms with Crippen molar-refractivity contribution in [3.05, 3.63) is 22.3 Å². The van der Waals surface area contributed by atoms with Gasteiger partial charge in [-0.05, 0) is 28.5 Å². The van der Waals surface area contributed by atoms with Crippen molar-refractivity contribution in [3.8, 4) is 0 Å². The number of aromatic nitrogens is 1. The van der Waals surface area contributed by atoms with Gasteiger partial charge in [-0.3, -0.25) is 0 Å². The van der Waals surface area contributed by atoms with Crippen LogP contribution in [-0.2, 0) is 16.0 Å². The number of methoxy groups -OCH3 is 2. The molecule has 0 aliphatic rings. The highest BCUT2D eigenvalue weighted by molar-refractivity contribution is 9.10. The van der Waals surface area contributed by atoms with E-state index in [2.05, 4.69) is 44.1 Å². The van der Waals surface area contributed by atoms with Crippen LogP contribution in [0, 0.1) is 0 Å². The lowest BCUT2D eigenvalue weighted by Gasteiger charge is -2.25. The molecule has 20 heavy (non-hydrogen) atoms. The Hall–Kier alpha value is -0.690. The third-order valence-corrected chi connectivity index (χ3v) is 3.34. The van der Waals surface area contributed by atoms with Crippen molar-refractivity contribution in [1.29, 1.82) is 0 Å². The minimum atomic E-state index is 0.669. The van der Waals surface area contributed by atoms with Gasteiger partial charge in [-0.15, -0.1) is 0 Å². The Morgan fingerprint density at radius 2 is 1.90 bits per heavy atom. The topological polar surface area (TPSA) is 46.6 Å². The highest BCUT2D eigenvalue weighted by Crippen LogP contribution is 2.21. The number of hydrogen-bond acceptors (Lipinski definition) is 5. The molecule has 0 aromatic carbocycles. The predicted molar refractivity (Wildman–Crippen MR) is 85.3 cm³/mol. The molecule has 1 rings (SSSR count). The second-order valence-electron chi connectivity index (χ2n) is 4.39. The molecule has 0 bridgehead atoms. The van der Waals surface area contributed by atoms with Crippen LogP contribution in [0.4, 0.5) is 5.82 Å². The first-order chi connectivity index (χ1) is 9.72. The standard InChI is InChI=1S/C14H24BrN3O2/c1-4-16-10-12-9-13(15)11-17-14(12)18(5-7-19-2)6-8-20-3/h9,11,16H,4-8,10H2,1-3H3. The fourth-order valence-corrected chi connectivity index (χ4v) is 2.25. The van der Waals surface area contributed by atoms with Gasteiger partial charge in [0, 0.05) is 50.1 Å². The minimum absolute atomic E-state index is 0.669. The maximum absolute atomic E-state index is 5.18. The van der Waals surface area contributed by atoms with Gasteiger partial charge in [0.25, 0.3) is 0 Å². The van der Waals surface area contributed by atoms with Gasteiger partial charge in [0.2, 0.25) is 0 Å². The SMILES string of the molecule is CCNCc1cc(Br)cnc1N(CCOC)CCOC. The fraction of sp³-hybridized carbons (Fsp3) is 0.643. The molecular weight excluding hydrogens is 322 g/mol. The summed E-state index contributed by atoms with van der Waals surface area (Å²) in [5.41, 5.74) is 1.17. The third kappa shape index (κ3) is 5.75. The van der Waals surface area contributed by atoms with Crippen LogP contribution in [0.25, 0.3) is 0 Å². The Balaban J connectivity index is 2.90. The van der Waals surface area contributed by atoms with Crippen LogP contribution >= 0.6 is 15.9 Å². The first-order valence-corrected chi connectivity index (χ1v) is 7.60. The number of ether oxygens (including phenoxy) is 2. The van der Waals surface area contributed by atoms with Crippen LogP contribution in [0.5, 0.6) is 0 Å². The van der Waals surface area contributed by atoms with Gasteiger partial charge in [-0.25, -0.2) is 4.98 Å². The summed E-state index contributed by atoms with van der Waals surface area (Å²) in [6.07, 6.45) is 1.83. The Morgan fingerprint density at radius 3 is 2.45 bits per heavy atom. The van der Waals surface area contributed by atoms with E-state index in [1.54, 1.807) is 14.2 Å². The number of nitrogens with one attached hydrogen (secondary N) is 1. The number of rotatable bonds is 10. The molecule has 1 aromatic rings. The second kappa shape index (κ2) is 10.1. The maximum Gasteiger partial charge on any atom is 0.133 e. The fourth-order valence-electron chi connectivity index (χ4n) is 1.88. The zero-order valence-corrected chi connectivity index (χ0v) is 14.1. The Bertz CT molecular complexity index is 383. The third-order valence-electron chi connectivity index (χ3n) is 2.91. The number of nitrogens with zero attached hydrogens (tertiary/aromatic N) is 2. The van der Waals surface area contributed by atoms with Crippen LogP contribution in [0.15, 0.2) is 16.7 Å². The van der Waals surface area contributed by atoms with Crippen LogP contribution in [0.1, 0.15) is 12.5 Å². The van der Waals surface area contributed by atoms with Gasteiger partial charge >= 0.3 is 0 Å². The van der Waals surface area contributed by atoms with Crippen molar-refractivity contribution < 1.29 is 9.47 Å². The smallest absolute Gasteiger partial charge is 0.133 e. The summed E-state index contributed by atoms with van der Waals surface area (Å²) in [4.78, 5) is 6.77. The lowest BCUT2D eigenvalue weighted by Crippen LogP contribution is -2.32. The van der Waals surface area contributed by atoms with E-state index in [0.717, 1.165) is 36.5 Å². The molecule has 0 saturated carbocycles. The van der Waals surface area contributed by atoms with Crippen molar-refractivity contribution in [2.75, 3.05) is 52.0 Å². The lowest BCUT2D eigenvalue weighted by atomic mass is 10.2. The molecule has 1 aromatic heterocycles. The summed E-state index contributed by atoms with van der Waals surface area (Å²) in [5.74, 6) is 0.989. The largest absolute Gasteiger partial charge is 0.383 e. The van der Waals surface area contributed by atoms with Crippen LogP contribution in [-0.4, -0.2) is 52.1 Å². The van der Waals surface area contributed by atoms with Crippen LogP contribution < -0.4 is 10.2 Å². The molecule has 0 saturated heterocycles. The Kier molecular flexibility index (Phi) is 8.77. The summed E-state index contributed by atoms with van der Waals surface area (Å²) in [6, 6.07) is 2.11. The van der Waals surface area contributed by atoms with E-state index in [1.807, 2.05) is 6.20 Å². The summed E-state index contributed by atoms with van der Waals surface area (Å²) >= 11 is 3.48. The Morgan fingerprint density at radius 1 is 1.25 bits per heavy atom. The zero-order chi connectivity index (χ0) is 14.8. The normalized spacial score (nSPS) is 10.8. The average molecular weight is 346 g/mol. The molecule has 0 atom stereocenters. The van der Waals surface area contributed by atoms with Crippen molar-refractivity contribution in [2.45, 2.75) is 13.5 Å². The van der Waals surface area contributed by atoms with Gasteiger partial charge in [-0.2, -0.15) is 0 Å². The first kappa shape index (κ1) is 17.4. The van der Waals surface area contributed by atoms with E-state index in [-0.39, 0.29) is 0 Å². The summed E-state index contributed by atoms with van der Waals surface area (Å²) in [7, 11) is 3.42. The number of anilines is 1. The molecule has 0 amide bonds. The lowest BCUT2D eigenvalue weighted by molar-refractivity contribution is 0.190. The molecule has 1 N–H and O–H groups in total. The summed E-state index contributed by atoms with van der Waals surface area (Å²) < 4.78 is 11.4. The van der Waals surface area contributed by atoms with E-state index in [1.165, 1.54) is 5.56 Å². The molecule has 114 valence electrons. The van der Waals surface area contributed by atoms with Gasteiger partial charge in [0.15, 0.2) is 0 Å². The maximum atomic E-state index is 5.18. The Labute approximate surface area is 129 Å². The van der Waals surface area contributed by atoms with Gasteiger partial charge in [0.05, 0.1) is 13.2 Å². The van der Waals surface area contributed by atoms with Crippen LogP contribution in [0.3, 0.4) is 0 Å². The summed E-state index contributed by atoms with van der Waals surface area (Å²) in [5, 5.41) is 3.35. The molecule has 0 aliphatic carbocycles. The first-order valence-electron chi connectivity index (χ1n) is 6.80. The number of hydrogen-bond donors (Lipinski definition) is 1. The average Bonchev–Trinajstić information content (AvgIpc) is 2.46. The molecule has 0 fully saturated rings.